The van der Waals surface area contributed by atoms with Gasteiger partial charge in [-0.15, -0.1) is 0 Å². The Morgan fingerprint density at radius 2 is 1.50 bits per heavy atom. The Kier molecular flexibility index (Phi) is 17.0. The molecule has 3 heterocycles. The maximum Gasteiger partial charge on any atom is 0.317 e. The fourth-order valence-corrected chi connectivity index (χ4v) is 16.0. The van der Waals surface area contributed by atoms with Gasteiger partial charge in [-0.2, -0.15) is 0 Å². The second-order valence-corrected chi connectivity index (χ2v) is 25.3. The van der Waals surface area contributed by atoms with Gasteiger partial charge in [0.25, 0.3) is 0 Å². The van der Waals surface area contributed by atoms with E-state index in [0.717, 1.165) is 31.1 Å². The Morgan fingerprint density at radius 3 is 2.18 bits per heavy atom. The van der Waals surface area contributed by atoms with Gasteiger partial charge in [0.05, 0.1) is 61.6 Å². The van der Waals surface area contributed by atoms with E-state index in [1.54, 1.807) is 0 Å². The van der Waals surface area contributed by atoms with Gasteiger partial charge in [-0.25, -0.2) is 0 Å². The number of unbranched alkanes of at least 4 members (excludes halogenated alkanes) is 2. The number of aliphatic hydroxyl groups is 9. The van der Waals surface area contributed by atoms with E-state index >= 15 is 4.79 Å². The summed E-state index contributed by atoms with van der Waals surface area (Å²) in [5.74, 6) is -3.00. The van der Waals surface area contributed by atoms with Crippen molar-refractivity contribution in [2.45, 2.75) is 224 Å². The number of nitrogens with two attached hydrogens (primary N) is 1. The average Bonchev–Trinajstić information content (AvgIpc) is 3.35. The van der Waals surface area contributed by atoms with Crippen molar-refractivity contribution in [3.8, 4) is 0 Å². The number of esters is 1. The number of fused-ring (bicyclic) bond motifs is 7. The Labute approximate surface area is 435 Å². The van der Waals surface area contributed by atoms with Crippen LogP contribution in [0.15, 0.2) is 11.6 Å². The van der Waals surface area contributed by atoms with Crippen LogP contribution in [0.1, 0.15) is 132 Å². The van der Waals surface area contributed by atoms with Crippen LogP contribution in [0.3, 0.4) is 0 Å². The lowest BCUT2D eigenvalue weighted by Gasteiger charge is -2.71. The molecule has 7 fully saturated rings. The van der Waals surface area contributed by atoms with E-state index in [1.807, 2.05) is 6.92 Å². The van der Waals surface area contributed by atoms with Crippen molar-refractivity contribution in [3.05, 3.63) is 11.6 Å². The van der Waals surface area contributed by atoms with Crippen molar-refractivity contribution in [1.29, 1.82) is 0 Å². The third-order valence-corrected chi connectivity index (χ3v) is 20.7. The summed E-state index contributed by atoms with van der Waals surface area (Å²) < 4.78 is 36.9. The number of ether oxygens (including phenoxy) is 6. The van der Waals surface area contributed by atoms with Crippen molar-refractivity contribution < 1.29 is 88.8 Å². The summed E-state index contributed by atoms with van der Waals surface area (Å²) >= 11 is 0. The summed E-state index contributed by atoms with van der Waals surface area (Å²) in [6, 6.07) is -1.32. The van der Waals surface area contributed by atoms with Crippen LogP contribution in [0, 0.1) is 56.2 Å². The Bertz CT molecular complexity index is 2050. The zero-order valence-electron chi connectivity index (χ0n) is 44.4. The molecule has 0 bridgehead atoms. The number of allylic oxidation sites excluding steroid dienone is 2. The number of hydrogen-bond donors (Lipinski definition) is 11. The Hall–Kier alpha value is -2.25. The number of amides is 1. The molecule has 5 aliphatic carbocycles. The summed E-state index contributed by atoms with van der Waals surface area (Å²) in [7, 11) is 0. The molecule has 20 heteroatoms. The molecule has 12 N–H and O–H groups in total. The highest BCUT2D eigenvalue weighted by Crippen LogP contribution is 2.76. The molecule has 15 unspecified atom stereocenters. The fraction of sp³-hybridized carbons (Fsp3) is 0.907. The van der Waals surface area contributed by atoms with Gasteiger partial charge in [0.15, 0.2) is 18.7 Å². The quantitative estimate of drug-likeness (QED) is 0.0469. The van der Waals surface area contributed by atoms with Crippen LogP contribution in [-0.4, -0.2) is 183 Å². The maximum atomic E-state index is 15.6. The van der Waals surface area contributed by atoms with Crippen molar-refractivity contribution in [3.63, 3.8) is 0 Å². The number of hydrogen-bond acceptors (Lipinski definition) is 19. The molecule has 0 spiro atoms. The van der Waals surface area contributed by atoms with Gasteiger partial charge in [-0.05, 0) is 124 Å². The van der Waals surface area contributed by atoms with Gasteiger partial charge in [-0.3, -0.25) is 9.59 Å². The van der Waals surface area contributed by atoms with Crippen LogP contribution in [0.5, 0.6) is 0 Å². The summed E-state index contributed by atoms with van der Waals surface area (Å²) in [5, 5.41) is 104. The molecule has 20 nitrogen and oxygen atoms in total. The molecule has 74 heavy (non-hydrogen) atoms. The van der Waals surface area contributed by atoms with Crippen LogP contribution >= 0.6 is 0 Å². The molecule has 8 aliphatic rings. The van der Waals surface area contributed by atoms with Crippen LogP contribution in [0.4, 0.5) is 0 Å². The molecule has 422 valence electrons. The molecule has 0 aromatic rings. The number of aldehydes is 1. The molecule has 0 radical (unpaired) electrons. The minimum atomic E-state index is -1.80. The van der Waals surface area contributed by atoms with Gasteiger partial charge < -0.3 is 90.2 Å². The lowest BCUT2D eigenvalue weighted by atomic mass is 9.33. The summed E-state index contributed by atoms with van der Waals surface area (Å²) in [6.07, 6.45) is -10.0. The second-order valence-electron chi connectivity index (χ2n) is 25.3. The lowest BCUT2D eigenvalue weighted by molar-refractivity contribution is -0.365. The summed E-state index contributed by atoms with van der Waals surface area (Å²) in [6.45, 7) is 13.1. The Morgan fingerprint density at radius 1 is 0.784 bits per heavy atom. The summed E-state index contributed by atoms with van der Waals surface area (Å²) in [5.41, 5.74) is 2.87. The molecular weight excluding hydrogens is 965 g/mol. The average molecular weight is 1050 g/mol. The fourth-order valence-electron chi connectivity index (χ4n) is 16.0. The van der Waals surface area contributed by atoms with E-state index in [0.29, 0.717) is 51.5 Å². The zero-order chi connectivity index (χ0) is 54.1. The van der Waals surface area contributed by atoms with E-state index in [9.17, 15) is 55.5 Å². The largest absolute Gasteiger partial charge is 0.432 e. The maximum absolute atomic E-state index is 15.6. The number of nitrogens with one attached hydrogen (secondary N) is 1. The van der Waals surface area contributed by atoms with Gasteiger partial charge in [0.1, 0.15) is 48.3 Å². The molecule has 3 saturated heterocycles. The summed E-state index contributed by atoms with van der Waals surface area (Å²) in [4.78, 5) is 41.8. The predicted molar refractivity (Wildman–Crippen MR) is 263 cm³/mol. The number of carbonyl (C=O) groups is 3. The molecule has 0 aromatic carbocycles. The van der Waals surface area contributed by atoms with Gasteiger partial charge in [0, 0.05) is 6.42 Å². The van der Waals surface area contributed by atoms with E-state index in [1.165, 1.54) is 6.92 Å². The van der Waals surface area contributed by atoms with Crippen LogP contribution in [0.25, 0.3) is 0 Å². The molecular formula is C54H88N2O18. The third kappa shape index (κ3) is 9.66. The molecule has 0 aromatic heterocycles. The van der Waals surface area contributed by atoms with Crippen LogP contribution < -0.4 is 11.1 Å². The van der Waals surface area contributed by atoms with E-state index in [2.05, 4.69) is 46.0 Å². The number of rotatable bonds is 15. The second kappa shape index (κ2) is 21.8. The van der Waals surface area contributed by atoms with Crippen LogP contribution in [-0.2, 0) is 42.8 Å². The van der Waals surface area contributed by atoms with E-state index in [4.69, 9.17) is 34.2 Å². The Balaban J connectivity index is 1.11. The standard InChI is InChI=1S/C54H88N2O18/c1-27-43(72-46-42(67)40(65)31(60)25-69-46)39(64)28(23-57)45(70-27)73-44-41(66)38(56-37(63)11-9-8-10-20-55)32(24-58)71-47(44)74-48(68)54-19-18-49(2,3)21-30(54)29-12-13-34-50(4)16-15-35(61)51(5,26-59)33(50)14-17-52(34,6)53(29,7)22-36(54)62/h12,26-28,30-36,38-47,57-58,60-62,64-67H,8-11,13-25,55H2,1-7H3,(H,56,63)/t27?,28?,30?,31-,32?,33+,34?,35+,36?,38+,39?,40?,41?,42?,43+,44?,45+,46+,47+,50?,51?,52?,53?,54-/m1/s1. The van der Waals surface area contributed by atoms with Gasteiger partial charge >= 0.3 is 5.97 Å². The molecule has 1 amide bonds. The van der Waals surface area contributed by atoms with Crippen molar-refractivity contribution in [2.75, 3.05) is 26.4 Å². The van der Waals surface area contributed by atoms with E-state index < -0.39 is 145 Å². The minimum absolute atomic E-state index is 0.0361. The minimum Gasteiger partial charge on any atom is -0.432 e. The normalized spacial score (nSPS) is 50.0. The highest BCUT2D eigenvalue weighted by molar-refractivity contribution is 5.80. The van der Waals surface area contributed by atoms with Crippen LogP contribution in [0.2, 0.25) is 0 Å². The number of aliphatic hydroxyl groups excluding tert-OH is 9. The molecule has 24 atom stereocenters. The smallest absolute Gasteiger partial charge is 0.317 e. The zero-order valence-corrected chi connectivity index (χ0v) is 44.4. The van der Waals surface area contributed by atoms with Crippen molar-refractivity contribution >= 4 is 18.2 Å². The lowest BCUT2D eigenvalue weighted by Crippen LogP contribution is -2.69. The predicted octanol–water partition coefficient (Wildman–Crippen LogP) is 0.848. The first-order valence-electron chi connectivity index (χ1n) is 27.4. The highest BCUT2D eigenvalue weighted by atomic mass is 16.8. The highest BCUT2D eigenvalue weighted by Gasteiger charge is 2.72. The first-order chi connectivity index (χ1) is 34.8. The number of carbonyl (C=O) groups excluding carboxylic acids is 3. The van der Waals surface area contributed by atoms with Crippen molar-refractivity contribution in [2.24, 2.45) is 61.9 Å². The first-order valence-corrected chi connectivity index (χ1v) is 27.4. The van der Waals surface area contributed by atoms with E-state index in [-0.39, 0.29) is 54.0 Å². The van der Waals surface area contributed by atoms with Gasteiger partial charge in [-0.1, -0.05) is 59.6 Å². The molecule has 3 aliphatic heterocycles. The topological polar surface area (TPSA) is 327 Å². The third-order valence-electron chi connectivity index (χ3n) is 20.7. The van der Waals surface area contributed by atoms with Gasteiger partial charge in [0.2, 0.25) is 12.2 Å². The molecule has 4 saturated carbocycles. The molecule has 8 rings (SSSR count). The monoisotopic (exact) mass is 1050 g/mol. The van der Waals surface area contributed by atoms with Crippen molar-refractivity contribution in [1.82, 2.24) is 5.32 Å². The first kappa shape index (κ1) is 57.9. The SMILES string of the molecule is CC1O[C@@H](OC2C(O)[C@@H](NC(=O)CCCCCN)C(CO)O[C@H]2OC(=O)[C@]23CCC(C)(C)CC2C2=CCC4C5(C)CC[C@H](O)C(C)(C=O)[C@H]5CCC4(C)C2(C)CC3O)C(CO)C(O)[C@H]1O[C@@H]1OC[C@@H](O)C(O)C1O.